The highest BCUT2D eigenvalue weighted by Crippen LogP contribution is 2.26. The van der Waals surface area contributed by atoms with E-state index >= 15 is 0 Å². The number of fused-ring (bicyclic) bond motifs is 1. The van der Waals surface area contributed by atoms with Gasteiger partial charge in [-0.05, 0) is 13.8 Å². The van der Waals surface area contributed by atoms with Crippen LogP contribution in [0.2, 0.25) is 0 Å². The van der Waals surface area contributed by atoms with Crippen LogP contribution in [0.4, 0.5) is 11.8 Å². The van der Waals surface area contributed by atoms with Gasteiger partial charge in [-0.1, -0.05) is 0 Å². The SMILES string of the molecule is CCN(CC)c1nc(N2CCOCC2)c2cnn(C)c2n1. The van der Waals surface area contributed by atoms with E-state index < -0.39 is 0 Å². The standard InChI is InChI=1S/C14H22N6O/c1-4-19(5-2)14-16-12-11(10-15-18(12)3)13(17-14)20-6-8-21-9-7-20/h10H,4-9H2,1-3H3. The fourth-order valence-electron chi connectivity index (χ4n) is 2.66. The van der Waals surface area contributed by atoms with Crippen LogP contribution in [-0.4, -0.2) is 59.1 Å². The number of morpholine rings is 1. The largest absolute Gasteiger partial charge is 0.378 e. The Morgan fingerprint density at radius 2 is 1.90 bits per heavy atom. The van der Waals surface area contributed by atoms with Crippen molar-refractivity contribution >= 4 is 22.8 Å². The van der Waals surface area contributed by atoms with Crippen molar-refractivity contribution in [1.29, 1.82) is 0 Å². The first-order valence-corrected chi connectivity index (χ1v) is 7.52. The Balaban J connectivity index is 2.11. The Labute approximate surface area is 124 Å². The third-order valence-corrected chi connectivity index (χ3v) is 3.92. The molecule has 21 heavy (non-hydrogen) atoms. The average molecular weight is 290 g/mol. The first-order chi connectivity index (χ1) is 10.2. The zero-order valence-electron chi connectivity index (χ0n) is 12.9. The van der Waals surface area contributed by atoms with Gasteiger partial charge < -0.3 is 14.5 Å². The lowest BCUT2D eigenvalue weighted by atomic mass is 10.3. The average Bonchev–Trinajstić information content (AvgIpc) is 2.90. The van der Waals surface area contributed by atoms with E-state index in [-0.39, 0.29) is 0 Å². The van der Waals surface area contributed by atoms with Crippen LogP contribution in [0.1, 0.15) is 13.8 Å². The topological polar surface area (TPSA) is 59.3 Å². The second-order valence-corrected chi connectivity index (χ2v) is 5.12. The van der Waals surface area contributed by atoms with Gasteiger partial charge in [0.1, 0.15) is 5.82 Å². The molecule has 0 aliphatic carbocycles. The van der Waals surface area contributed by atoms with Crippen molar-refractivity contribution in [3.63, 3.8) is 0 Å². The van der Waals surface area contributed by atoms with E-state index in [0.717, 1.165) is 62.2 Å². The molecular formula is C14H22N6O. The van der Waals surface area contributed by atoms with E-state index in [1.54, 1.807) is 0 Å². The molecule has 0 bridgehead atoms. The fourth-order valence-corrected chi connectivity index (χ4v) is 2.66. The maximum atomic E-state index is 5.44. The van der Waals surface area contributed by atoms with Crippen molar-refractivity contribution in [2.75, 3.05) is 49.2 Å². The first-order valence-electron chi connectivity index (χ1n) is 7.52. The van der Waals surface area contributed by atoms with Gasteiger partial charge in [0.05, 0.1) is 24.8 Å². The third-order valence-electron chi connectivity index (χ3n) is 3.92. The van der Waals surface area contributed by atoms with Crippen molar-refractivity contribution in [2.24, 2.45) is 7.05 Å². The number of ether oxygens (including phenoxy) is 1. The molecule has 0 amide bonds. The summed E-state index contributed by atoms with van der Waals surface area (Å²) in [6, 6.07) is 0. The maximum absolute atomic E-state index is 5.44. The van der Waals surface area contributed by atoms with Crippen LogP contribution in [0.15, 0.2) is 6.20 Å². The van der Waals surface area contributed by atoms with Crippen molar-refractivity contribution in [1.82, 2.24) is 19.7 Å². The van der Waals surface area contributed by atoms with Crippen LogP contribution in [0.25, 0.3) is 11.0 Å². The summed E-state index contributed by atoms with van der Waals surface area (Å²) in [6.45, 7) is 9.23. The van der Waals surface area contributed by atoms with Gasteiger partial charge in [-0.3, -0.25) is 4.68 Å². The Morgan fingerprint density at radius 3 is 2.57 bits per heavy atom. The first kappa shape index (κ1) is 14.1. The molecule has 0 saturated carbocycles. The smallest absolute Gasteiger partial charge is 0.229 e. The minimum Gasteiger partial charge on any atom is -0.378 e. The summed E-state index contributed by atoms with van der Waals surface area (Å²) in [5, 5.41) is 5.35. The predicted molar refractivity (Wildman–Crippen MR) is 82.9 cm³/mol. The second-order valence-electron chi connectivity index (χ2n) is 5.12. The van der Waals surface area contributed by atoms with Gasteiger partial charge in [-0.15, -0.1) is 0 Å². The molecule has 2 aromatic heterocycles. The van der Waals surface area contributed by atoms with Gasteiger partial charge in [-0.25, -0.2) is 0 Å². The molecule has 1 fully saturated rings. The van der Waals surface area contributed by atoms with Crippen molar-refractivity contribution in [3.05, 3.63) is 6.20 Å². The van der Waals surface area contributed by atoms with Gasteiger partial charge >= 0.3 is 0 Å². The van der Waals surface area contributed by atoms with Crippen molar-refractivity contribution < 1.29 is 4.74 Å². The maximum Gasteiger partial charge on any atom is 0.229 e. The highest BCUT2D eigenvalue weighted by Gasteiger charge is 2.20. The normalized spacial score (nSPS) is 15.7. The van der Waals surface area contributed by atoms with Crippen LogP contribution in [0.3, 0.4) is 0 Å². The molecule has 1 aliphatic heterocycles. The number of hydrogen-bond acceptors (Lipinski definition) is 6. The number of rotatable bonds is 4. The summed E-state index contributed by atoms with van der Waals surface area (Å²) >= 11 is 0. The summed E-state index contributed by atoms with van der Waals surface area (Å²) in [5.74, 6) is 1.75. The van der Waals surface area contributed by atoms with E-state index in [1.807, 2.05) is 17.9 Å². The predicted octanol–water partition coefficient (Wildman–Crippen LogP) is 1.05. The Hall–Kier alpha value is -1.89. The Morgan fingerprint density at radius 1 is 1.19 bits per heavy atom. The molecule has 1 aliphatic rings. The molecule has 7 nitrogen and oxygen atoms in total. The van der Waals surface area contributed by atoms with Gasteiger partial charge in [-0.2, -0.15) is 15.1 Å². The summed E-state index contributed by atoms with van der Waals surface area (Å²) in [4.78, 5) is 13.9. The number of hydrogen-bond donors (Lipinski definition) is 0. The molecule has 114 valence electrons. The quantitative estimate of drug-likeness (QED) is 0.839. The fraction of sp³-hybridized carbons (Fsp3) is 0.643. The summed E-state index contributed by atoms with van der Waals surface area (Å²) in [6.07, 6.45) is 1.85. The molecule has 0 aromatic carbocycles. The lowest BCUT2D eigenvalue weighted by Gasteiger charge is -2.29. The number of aryl methyl sites for hydroxylation is 1. The van der Waals surface area contributed by atoms with Crippen molar-refractivity contribution in [3.8, 4) is 0 Å². The van der Waals surface area contributed by atoms with E-state index in [4.69, 9.17) is 9.72 Å². The summed E-state index contributed by atoms with van der Waals surface area (Å²) < 4.78 is 7.26. The molecule has 7 heteroatoms. The van der Waals surface area contributed by atoms with Crippen LogP contribution in [0.5, 0.6) is 0 Å². The Bertz CT molecular complexity index is 615. The zero-order valence-corrected chi connectivity index (χ0v) is 12.9. The number of nitrogens with zero attached hydrogens (tertiary/aromatic N) is 6. The highest BCUT2D eigenvalue weighted by molar-refractivity contribution is 5.88. The molecule has 2 aromatic rings. The molecule has 0 unspecified atom stereocenters. The van der Waals surface area contributed by atoms with Crippen LogP contribution >= 0.6 is 0 Å². The van der Waals surface area contributed by atoms with Crippen molar-refractivity contribution in [2.45, 2.75) is 13.8 Å². The molecule has 3 heterocycles. The lowest BCUT2D eigenvalue weighted by Crippen LogP contribution is -2.37. The Kier molecular flexibility index (Phi) is 3.92. The monoisotopic (exact) mass is 290 g/mol. The third kappa shape index (κ3) is 2.53. The van der Waals surface area contributed by atoms with E-state index in [9.17, 15) is 0 Å². The lowest BCUT2D eigenvalue weighted by molar-refractivity contribution is 0.122. The van der Waals surface area contributed by atoms with Gasteiger partial charge in [0.25, 0.3) is 0 Å². The summed E-state index contributed by atoms with van der Waals surface area (Å²) in [7, 11) is 1.92. The molecule has 3 rings (SSSR count). The van der Waals surface area contributed by atoms with Gasteiger partial charge in [0, 0.05) is 33.2 Å². The molecule has 0 radical (unpaired) electrons. The minimum atomic E-state index is 0.742. The van der Waals surface area contributed by atoms with Crippen LogP contribution in [0, 0.1) is 0 Å². The van der Waals surface area contributed by atoms with Gasteiger partial charge in [0.15, 0.2) is 5.65 Å². The number of aromatic nitrogens is 4. The summed E-state index contributed by atoms with van der Waals surface area (Å²) in [5.41, 5.74) is 0.883. The molecular weight excluding hydrogens is 268 g/mol. The highest BCUT2D eigenvalue weighted by atomic mass is 16.5. The molecule has 0 atom stereocenters. The number of anilines is 2. The zero-order chi connectivity index (χ0) is 14.8. The van der Waals surface area contributed by atoms with Crippen LogP contribution in [-0.2, 0) is 11.8 Å². The molecule has 0 spiro atoms. The van der Waals surface area contributed by atoms with E-state index in [2.05, 4.69) is 33.7 Å². The molecule has 0 N–H and O–H groups in total. The van der Waals surface area contributed by atoms with Gasteiger partial charge in [0.2, 0.25) is 5.95 Å². The second kappa shape index (κ2) is 5.85. The minimum absolute atomic E-state index is 0.742. The van der Waals surface area contributed by atoms with E-state index in [1.165, 1.54) is 0 Å². The van der Waals surface area contributed by atoms with E-state index in [0.29, 0.717) is 0 Å². The molecule has 1 saturated heterocycles. The van der Waals surface area contributed by atoms with Crippen LogP contribution < -0.4 is 9.80 Å².